The van der Waals surface area contributed by atoms with Crippen LogP contribution < -0.4 is 5.32 Å². The zero-order valence-electron chi connectivity index (χ0n) is 11.3. The highest BCUT2D eigenvalue weighted by atomic mass is 16.6. The number of carbonyl (C=O) groups excluding carboxylic acids is 1. The molecule has 0 bridgehead atoms. The van der Waals surface area contributed by atoms with E-state index in [-0.39, 0.29) is 17.7 Å². The smallest absolute Gasteiger partial charge is 0.326 e. The van der Waals surface area contributed by atoms with Crippen molar-refractivity contribution < 1.29 is 19.6 Å². The molecule has 1 atom stereocenters. The maximum atomic E-state index is 12.0. The normalized spacial score (nSPS) is 11.7. The molecule has 0 saturated carbocycles. The van der Waals surface area contributed by atoms with E-state index < -0.39 is 22.8 Å². The molecule has 108 valence electrons. The van der Waals surface area contributed by atoms with E-state index in [2.05, 4.69) is 5.32 Å². The van der Waals surface area contributed by atoms with E-state index in [0.29, 0.717) is 12.0 Å². The standard InChI is InChI=1S/C13H16N2O5/c1-3-4-10(13(17)18)14-12(16)9-7-8(2)5-6-11(9)15(19)20/h5-7,10H,3-4H2,1-2H3,(H,14,16)(H,17,18). The highest BCUT2D eigenvalue weighted by Crippen LogP contribution is 2.20. The monoisotopic (exact) mass is 280 g/mol. The molecule has 1 aromatic rings. The van der Waals surface area contributed by atoms with Gasteiger partial charge in [0, 0.05) is 6.07 Å². The summed E-state index contributed by atoms with van der Waals surface area (Å²) in [5, 5.41) is 22.2. The summed E-state index contributed by atoms with van der Waals surface area (Å²) in [5.74, 6) is -1.91. The molecule has 1 rings (SSSR count). The topological polar surface area (TPSA) is 110 Å². The molecule has 1 amide bonds. The number of hydrogen-bond donors (Lipinski definition) is 2. The van der Waals surface area contributed by atoms with E-state index in [9.17, 15) is 19.7 Å². The number of benzene rings is 1. The number of carboxylic acids is 1. The van der Waals surface area contributed by atoms with Gasteiger partial charge in [-0.25, -0.2) is 4.79 Å². The van der Waals surface area contributed by atoms with Gasteiger partial charge < -0.3 is 10.4 Å². The van der Waals surface area contributed by atoms with Crippen molar-refractivity contribution in [3.05, 3.63) is 39.4 Å². The third-order valence-electron chi connectivity index (χ3n) is 2.77. The van der Waals surface area contributed by atoms with Crippen LogP contribution in [-0.4, -0.2) is 27.9 Å². The van der Waals surface area contributed by atoms with E-state index in [1.165, 1.54) is 18.2 Å². The maximum absolute atomic E-state index is 12.0. The molecule has 0 aliphatic rings. The second-order valence-corrected chi connectivity index (χ2v) is 4.43. The highest BCUT2D eigenvalue weighted by molar-refractivity contribution is 6.00. The van der Waals surface area contributed by atoms with Gasteiger partial charge in [-0.15, -0.1) is 0 Å². The van der Waals surface area contributed by atoms with E-state index in [0.717, 1.165) is 0 Å². The first-order chi connectivity index (χ1) is 9.36. The fraction of sp³-hybridized carbons (Fsp3) is 0.385. The van der Waals surface area contributed by atoms with Crippen LogP contribution in [0.15, 0.2) is 18.2 Å². The predicted molar refractivity (Wildman–Crippen MR) is 71.6 cm³/mol. The number of amides is 1. The number of nitro groups is 1. The molecule has 0 aliphatic carbocycles. The Balaban J connectivity index is 3.05. The number of nitrogens with zero attached hydrogens (tertiary/aromatic N) is 1. The first-order valence-corrected chi connectivity index (χ1v) is 6.15. The predicted octanol–water partition coefficient (Wildman–Crippen LogP) is 1.89. The fourth-order valence-electron chi connectivity index (χ4n) is 1.77. The summed E-state index contributed by atoms with van der Waals surface area (Å²) in [5.41, 5.74) is 0.217. The van der Waals surface area contributed by atoms with Crippen LogP contribution >= 0.6 is 0 Å². The zero-order valence-corrected chi connectivity index (χ0v) is 11.3. The van der Waals surface area contributed by atoms with Crippen molar-refractivity contribution in [1.29, 1.82) is 0 Å². The molecule has 0 spiro atoms. The lowest BCUT2D eigenvalue weighted by Crippen LogP contribution is -2.40. The molecular formula is C13H16N2O5. The number of carboxylic acid groups (broad SMARTS) is 1. The van der Waals surface area contributed by atoms with Crippen molar-refractivity contribution in [2.45, 2.75) is 32.7 Å². The van der Waals surface area contributed by atoms with Crippen LogP contribution in [0.25, 0.3) is 0 Å². The molecule has 1 aromatic carbocycles. The van der Waals surface area contributed by atoms with Gasteiger partial charge in [-0.05, 0) is 25.0 Å². The minimum absolute atomic E-state index is 0.127. The Morgan fingerprint density at radius 3 is 2.60 bits per heavy atom. The van der Waals surface area contributed by atoms with Crippen LogP contribution in [0.1, 0.15) is 35.7 Å². The van der Waals surface area contributed by atoms with Crippen LogP contribution in [0.4, 0.5) is 5.69 Å². The van der Waals surface area contributed by atoms with Gasteiger partial charge in [0.25, 0.3) is 11.6 Å². The Hall–Kier alpha value is -2.44. The highest BCUT2D eigenvalue weighted by Gasteiger charge is 2.25. The zero-order chi connectivity index (χ0) is 15.3. The molecule has 0 aromatic heterocycles. The molecule has 0 heterocycles. The van der Waals surface area contributed by atoms with E-state index >= 15 is 0 Å². The number of nitrogens with one attached hydrogen (secondary N) is 1. The summed E-state index contributed by atoms with van der Waals surface area (Å²) in [6, 6.07) is 3.08. The largest absolute Gasteiger partial charge is 0.480 e. The summed E-state index contributed by atoms with van der Waals surface area (Å²) in [4.78, 5) is 33.3. The Kier molecular flexibility index (Phi) is 5.19. The SMILES string of the molecule is CCCC(NC(=O)c1cc(C)ccc1[N+](=O)[O-])C(=O)O. The van der Waals surface area contributed by atoms with Crippen LogP contribution in [0.5, 0.6) is 0 Å². The van der Waals surface area contributed by atoms with E-state index in [1.807, 2.05) is 0 Å². The summed E-state index contributed by atoms with van der Waals surface area (Å²) < 4.78 is 0. The Morgan fingerprint density at radius 2 is 2.10 bits per heavy atom. The van der Waals surface area contributed by atoms with E-state index in [4.69, 9.17) is 5.11 Å². The molecule has 0 radical (unpaired) electrons. The lowest BCUT2D eigenvalue weighted by Gasteiger charge is -2.13. The van der Waals surface area contributed by atoms with Crippen molar-refractivity contribution in [3.63, 3.8) is 0 Å². The fourth-order valence-corrected chi connectivity index (χ4v) is 1.77. The van der Waals surface area contributed by atoms with Crippen LogP contribution in [0.3, 0.4) is 0 Å². The average molecular weight is 280 g/mol. The van der Waals surface area contributed by atoms with Gasteiger partial charge in [0.15, 0.2) is 0 Å². The minimum atomic E-state index is -1.16. The van der Waals surface area contributed by atoms with Crippen molar-refractivity contribution in [2.24, 2.45) is 0 Å². The van der Waals surface area contributed by atoms with Gasteiger partial charge >= 0.3 is 5.97 Å². The third-order valence-corrected chi connectivity index (χ3v) is 2.77. The Morgan fingerprint density at radius 1 is 1.45 bits per heavy atom. The van der Waals surface area contributed by atoms with Gasteiger partial charge in [-0.2, -0.15) is 0 Å². The number of carbonyl (C=O) groups is 2. The molecule has 0 fully saturated rings. The first kappa shape index (κ1) is 15.6. The molecule has 0 saturated heterocycles. The van der Waals surface area contributed by atoms with Crippen molar-refractivity contribution in [2.75, 3.05) is 0 Å². The van der Waals surface area contributed by atoms with Gasteiger partial charge in [0.1, 0.15) is 11.6 Å². The van der Waals surface area contributed by atoms with Crippen molar-refractivity contribution in [3.8, 4) is 0 Å². The number of hydrogen-bond acceptors (Lipinski definition) is 4. The third kappa shape index (κ3) is 3.78. The molecule has 2 N–H and O–H groups in total. The number of aryl methyl sites for hydroxylation is 1. The van der Waals surface area contributed by atoms with Crippen LogP contribution in [-0.2, 0) is 4.79 Å². The quantitative estimate of drug-likeness (QED) is 0.610. The lowest BCUT2D eigenvalue weighted by molar-refractivity contribution is -0.385. The summed E-state index contributed by atoms with van der Waals surface area (Å²) in [6.07, 6.45) is 0.841. The molecule has 7 heteroatoms. The molecular weight excluding hydrogens is 264 g/mol. The van der Waals surface area contributed by atoms with Crippen LogP contribution in [0.2, 0.25) is 0 Å². The van der Waals surface area contributed by atoms with Crippen molar-refractivity contribution >= 4 is 17.6 Å². The van der Waals surface area contributed by atoms with E-state index in [1.54, 1.807) is 13.8 Å². The molecule has 20 heavy (non-hydrogen) atoms. The second-order valence-electron chi connectivity index (χ2n) is 4.43. The van der Waals surface area contributed by atoms with Crippen molar-refractivity contribution in [1.82, 2.24) is 5.32 Å². The first-order valence-electron chi connectivity index (χ1n) is 6.15. The number of aliphatic carboxylic acids is 1. The lowest BCUT2D eigenvalue weighted by atomic mass is 10.1. The second kappa shape index (κ2) is 6.65. The van der Waals surface area contributed by atoms with Gasteiger partial charge in [0.2, 0.25) is 0 Å². The Labute approximate surface area is 115 Å². The van der Waals surface area contributed by atoms with Gasteiger partial charge in [0.05, 0.1) is 4.92 Å². The summed E-state index contributed by atoms with van der Waals surface area (Å²) in [6.45, 7) is 3.48. The maximum Gasteiger partial charge on any atom is 0.326 e. The Bertz CT molecular complexity index is 542. The number of nitro benzene ring substituents is 1. The summed E-state index contributed by atoms with van der Waals surface area (Å²) >= 11 is 0. The van der Waals surface area contributed by atoms with Crippen LogP contribution in [0, 0.1) is 17.0 Å². The molecule has 7 nitrogen and oxygen atoms in total. The molecule has 0 aliphatic heterocycles. The molecule has 1 unspecified atom stereocenters. The number of rotatable bonds is 6. The summed E-state index contributed by atoms with van der Waals surface area (Å²) in [7, 11) is 0. The van der Waals surface area contributed by atoms with Gasteiger partial charge in [-0.3, -0.25) is 14.9 Å². The average Bonchev–Trinajstić information content (AvgIpc) is 2.37. The van der Waals surface area contributed by atoms with Gasteiger partial charge in [-0.1, -0.05) is 19.4 Å². The minimum Gasteiger partial charge on any atom is -0.480 e.